The highest BCUT2D eigenvalue weighted by Crippen LogP contribution is 2.37. The zero-order chi connectivity index (χ0) is 15.7. The maximum atomic E-state index is 12.7. The number of furan rings is 1. The first-order chi connectivity index (χ1) is 10.5. The summed E-state index contributed by atoms with van der Waals surface area (Å²) in [5.41, 5.74) is 7.14. The Hall–Kier alpha value is -2.69. The quantitative estimate of drug-likeness (QED) is 0.697. The van der Waals surface area contributed by atoms with E-state index < -0.39 is 0 Å². The van der Waals surface area contributed by atoms with Gasteiger partial charge in [-0.25, -0.2) is 0 Å². The first-order valence-corrected chi connectivity index (χ1v) is 7.19. The number of amides is 1. The van der Waals surface area contributed by atoms with Gasteiger partial charge in [0.2, 0.25) is 0 Å². The summed E-state index contributed by atoms with van der Waals surface area (Å²) in [5, 5.41) is 0. The predicted molar refractivity (Wildman–Crippen MR) is 85.4 cm³/mol. The van der Waals surface area contributed by atoms with Crippen LogP contribution < -0.4 is 15.4 Å². The molecule has 5 nitrogen and oxygen atoms in total. The van der Waals surface area contributed by atoms with Crippen LogP contribution in [0.5, 0.6) is 5.75 Å². The van der Waals surface area contributed by atoms with E-state index in [-0.39, 0.29) is 11.7 Å². The third kappa shape index (κ3) is 2.70. The Morgan fingerprint density at radius 2 is 2.14 bits per heavy atom. The van der Waals surface area contributed by atoms with Gasteiger partial charge in [-0.1, -0.05) is 13.8 Å². The zero-order valence-corrected chi connectivity index (χ0v) is 12.6. The van der Waals surface area contributed by atoms with Gasteiger partial charge >= 0.3 is 0 Å². The molecule has 0 unspecified atom stereocenters. The Morgan fingerprint density at radius 1 is 1.32 bits per heavy atom. The van der Waals surface area contributed by atoms with Crippen LogP contribution in [-0.4, -0.2) is 12.5 Å². The lowest BCUT2D eigenvalue weighted by Crippen LogP contribution is -2.39. The molecule has 2 aromatic rings. The molecule has 2 N–H and O–H groups in total. The minimum absolute atomic E-state index is 0.191. The molecule has 114 valence electrons. The van der Waals surface area contributed by atoms with E-state index in [1.54, 1.807) is 47.6 Å². The second kappa shape index (κ2) is 5.60. The molecule has 0 fully saturated rings. The Kier molecular flexibility index (Phi) is 3.63. The van der Waals surface area contributed by atoms with Crippen molar-refractivity contribution in [3.63, 3.8) is 0 Å². The fourth-order valence-corrected chi connectivity index (χ4v) is 2.38. The van der Waals surface area contributed by atoms with E-state index in [2.05, 4.69) is 13.8 Å². The summed E-state index contributed by atoms with van der Waals surface area (Å²) in [7, 11) is 0. The third-order valence-corrected chi connectivity index (χ3v) is 3.31. The van der Waals surface area contributed by atoms with Crippen LogP contribution in [0.2, 0.25) is 0 Å². The van der Waals surface area contributed by atoms with E-state index in [1.165, 1.54) is 0 Å². The van der Waals surface area contributed by atoms with Crippen molar-refractivity contribution in [1.82, 2.24) is 0 Å². The lowest BCUT2D eigenvalue weighted by atomic mass is 10.1. The first kappa shape index (κ1) is 14.3. The Morgan fingerprint density at radius 3 is 2.82 bits per heavy atom. The highest BCUT2D eigenvalue weighted by atomic mass is 16.5. The molecule has 1 aliphatic rings. The number of nitrogens with two attached hydrogens (primary N) is 1. The van der Waals surface area contributed by atoms with Gasteiger partial charge in [0, 0.05) is 18.3 Å². The summed E-state index contributed by atoms with van der Waals surface area (Å²) in [6.07, 6.45) is 3.16. The van der Waals surface area contributed by atoms with Gasteiger partial charge in [-0.15, -0.1) is 0 Å². The highest BCUT2D eigenvalue weighted by Gasteiger charge is 2.31. The maximum absolute atomic E-state index is 12.7. The van der Waals surface area contributed by atoms with Crippen molar-refractivity contribution in [2.45, 2.75) is 13.8 Å². The fraction of sp³-hybridized carbons (Fsp3) is 0.235. The maximum Gasteiger partial charge on any atom is 0.294 e. The average molecular weight is 298 g/mol. The standard InChI is InChI=1S/C17H18N2O3/c1-11(2)10-19-14-8-12(18)5-6-15(14)22-16(17(19)20)9-13-4-3-7-21-13/h3-9,11H,10,18H2,1-2H3/b16-9+. The largest absolute Gasteiger partial charge is 0.465 e. The molecule has 0 saturated carbocycles. The molecule has 0 radical (unpaired) electrons. The highest BCUT2D eigenvalue weighted by molar-refractivity contribution is 6.10. The number of rotatable bonds is 3. The summed E-state index contributed by atoms with van der Waals surface area (Å²) >= 11 is 0. The Bertz CT molecular complexity index is 718. The molecule has 0 spiro atoms. The van der Waals surface area contributed by atoms with Gasteiger partial charge < -0.3 is 19.8 Å². The monoisotopic (exact) mass is 298 g/mol. The van der Waals surface area contributed by atoms with E-state index in [0.29, 0.717) is 35.3 Å². The van der Waals surface area contributed by atoms with Gasteiger partial charge in [0.25, 0.3) is 5.91 Å². The number of benzene rings is 1. The molecule has 0 saturated heterocycles. The van der Waals surface area contributed by atoms with Crippen LogP contribution in [0.1, 0.15) is 19.6 Å². The van der Waals surface area contributed by atoms with E-state index in [9.17, 15) is 4.79 Å². The van der Waals surface area contributed by atoms with Crippen LogP contribution in [0.3, 0.4) is 0 Å². The summed E-state index contributed by atoms with van der Waals surface area (Å²) in [4.78, 5) is 14.4. The predicted octanol–water partition coefficient (Wildman–Crippen LogP) is 3.28. The summed E-state index contributed by atoms with van der Waals surface area (Å²) in [5.74, 6) is 1.57. The van der Waals surface area contributed by atoms with Crippen LogP contribution in [0.4, 0.5) is 11.4 Å². The summed E-state index contributed by atoms with van der Waals surface area (Å²) < 4.78 is 11.0. The lowest BCUT2D eigenvalue weighted by molar-refractivity contribution is -0.117. The van der Waals surface area contributed by atoms with Crippen molar-refractivity contribution in [2.24, 2.45) is 5.92 Å². The minimum Gasteiger partial charge on any atom is -0.465 e. The number of hydrogen-bond acceptors (Lipinski definition) is 4. The lowest BCUT2D eigenvalue weighted by Gasteiger charge is -2.31. The van der Waals surface area contributed by atoms with Crippen molar-refractivity contribution in [2.75, 3.05) is 17.2 Å². The number of ether oxygens (including phenoxy) is 1. The molecule has 1 amide bonds. The number of carbonyl (C=O) groups excluding carboxylic acids is 1. The van der Waals surface area contributed by atoms with E-state index in [1.807, 2.05) is 0 Å². The number of nitrogens with zero attached hydrogens (tertiary/aromatic N) is 1. The smallest absolute Gasteiger partial charge is 0.294 e. The minimum atomic E-state index is -0.191. The molecule has 1 aromatic carbocycles. The van der Waals surface area contributed by atoms with Crippen molar-refractivity contribution in [3.05, 3.63) is 48.1 Å². The number of anilines is 2. The molecule has 3 rings (SSSR count). The van der Waals surface area contributed by atoms with Gasteiger partial charge in [0.1, 0.15) is 5.76 Å². The van der Waals surface area contributed by atoms with Crippen molar-refractivity contribution < 1.29 is 13.9 Å². The second-order valence-corrected chi connectivity index (χ2v) is 5.66. The Balaban J connectivity index is 2.04. The first-order valence-electron chi connectivity index (χ1n) is 7.19. The molecule has 0 aliphatic carbocycles. The van der Waals surface area contributed by atoms with Crippen LogP contribution in [0, 0.1) is 5.92 Å². The number of carbonyl (C=O) groups is 1. The average Bonchev–Trinajstić information content (AvgIpc) is 2.97. The zero-order valence-electron chi connectivity index (χ0n) is 12.6. The summed E-state index contributed by atoms with van der Waals surface area (Å²) in [6, 6.07) is 8.83. The topological polar surface area (TPSA) is 68.7 Å². The van der Waals surface area contributed by atoms with Gasteiger partial charge in [0.15, 0.2) is 11.5 Å². The molecule has 5 heteroatoms. The molecular formula is C17H18N2O3. The van der Waals surface area contributed by atoms with Crippen molar-refractivity contribution >= 4 is 23.4 Å². The molecule has 0 atom stereocenters. The van der Waals surface area contributed by atoms with Gasteiger partial charge in [-0.05, 0) is 36.2 Å². The third-order valence-electron chi connectivity index (χ3n) is 3.31. The Labute approximate surface area is 129 Å². The van der Waals surface area contributed by atoms with Gasteiger partial charge in [0.05, 0.1) is 12.0 Å². The van der Waals surface area contributed by atoms with Crippen LogP contribution in [-0.2, 0) is 4.79 Å². The molecule has 1 aliphatic heterocycles. The SMILES string of the molecule is CC(C)CN1C(=O)/C(=C\c2ccco2)Oc2ccc(N)cc21. The van der Waals surface area contributed by atoms with Crippen LogP contribution >= 0.6 is 0 Å². The van der Waals surface area contributed by atoms with E-state index in [0.717, 1.165) is 0 Å². The van der Waals surface area contributed by atoms with E-state index >= 15 is 0 Å². The number of nitrogen functional groups attached to an aromatic ring is 1. The van der Waals surface area contributed by atoms with E-state index in [4.69, 9.17) is 14.9 Å². The van der Waals surface area contributed by atoms with Crippen molar-refractivity contribution in [1.29, 1.82) is 0 Å². The molecular weight excluding hydrogens is 280 g/mol. The van der Waals surface area contributed by atoms with Gasteiger partial charge in [-0.3, -0.25) is 4.79 Å². The van der Waals surface area contributed by atoms with Crippen LogP contribution in [0.15, 0.2) is 46.8 Å². The molecule has 22 heavy (non-hydrogen) atoms. The van der Waals surface area contributed by atoms with Gasteiger partial charge in [-0.2, -0.15) is 0 Å². The van der Waals surface area contributed by atoms with Crippen LogP contribution in [0.25, 0.3) is 6.08 Å². The second-order valence-electron chi connectivity index (χ2n) is 5.66. The molecule has 0 bridgehead atoms. The summed E-state index contributed by atoms with van der Waals surface area (Å²) in [6.45, 7) is 4.71. The fourth-order valence-electron chi connectivity index (χ4n) is 2.38. The number of hydrogen-bond donors (Lipinski definition) is 1. The molecule has 2 heterocycles. The van der Waals surface area contributed by atoms with Crippen molar-refractivity contribution in [3.8, 4) is 5.75 Å². The normalized spacial score (nSPS) is 16.0. The number of fused-ring (bicyclic) bond motifs is 1. The molecule has 1 aromatic heterocycles.